The van der Waals surface area contributed by atoms with Crippen LogP contribution in [0.3, 0.4) is 0 Å². The first-order valence-corrected chi connectivity index (χ1v) is 16.0. The van der Waals surface area contributed by atoms with E-state index in [0.29, 0.717) is 0 Å². The molecule has 0 atom stereocenters. The molecule has 0 saturated heterocycles. The second kappa shape index (κ2) is 10.2. The molecule has 0 saturated carbocycles. The van der Waals surface area contributed by atoms with E-state index in [4.69, 9.17) is 4.98 Å². The lowest BCUT2D eigenvalue weighted by atomic mass is 9.81. The number of para-hydroxylation sites is 1. The van der Waals surface area contributed by atoms with Crippen molar-refractivity contribution in [1.29, 1.82) is 0 Å². The standard InChI is InChI=1S/C44H32N2/c1-44(2)39-26-33(32-18-17-29-11-9-10-14-31(29)25-32)19-22-37(39)38-23-20-34(27-40(38)44)35-21-24-42-41(28-35)45-43(30-12-5-3-6-13-30)46(42)36-15-7-4-8-16-36/h3-28H,1-2H3. The molecule has 7 aromatic carbocycles. The van der Waals surface area contributed by atoms with Gasteiger partial charge in [-0.1, -0.05) is 129 Å². The van der Waals surface area contributed by atoms with E-state index in [0.717, 1.165) is 28.1 Å². The fourth-order valence-corrected chi connectivity index (χ4v) is 7.34. The highest BCUT2D eigenvalue weighted by Crippen LogP contribution is 2.50. The molecule has 0 spiro atoms. The Morgan fingerprint density at radius 1 is 0.457 bits per heavy atom. The number of nitrogens with zero attached hydrogens (tertiary/aromatic N) is 2. The molecule has 1 aromatic heterocycles. The Morgan fingerprint density at radius 3 is 1.70 bits per heavy atom. The fraction of sp³-hybridized carbons (Fsp3) is 0.0682. The number of aromatic nitrogens is 2. The molecule has 8 aromatic rings. The molecule has 0 aliphatic heterocycles. The predicted molar refractivity (Wildman–Crippen MR) is 192 cm³/mol. The third-order valence-corrected chi connectivity index (χ3v) is 9.79. The van der Waals surface area contributed by atoms with Crippen LogP contribution in [0.15, 0.2) is 158 Å². The summed E-state index contributed by atoms with van der Waals surface area (Å²) in [5.41, 5.74) is 14.5. The van der Waals surface area contributed by atoms with Gasteiger partial charge in [-0.25, -0.2) is 4.98 Å². The van der Waals surface area contributed by atoms with Crippen LogP contribution < -0.4 is 0 Å². The van der Waals surface area contributed by atoms with Crippen LogP contribution in [0.5, 0.6) is 0 Å². The summed E-state index contributed by atoms with van der Waals surface area (Å²) in [5.74, 6) is 0.951. The van der Waals surface area contributed by atoms with Crippen LogP contribution in [0.4, 0.5) is 0 Å². The van der Waals surface area contributed by atoms with Gasteiger partial charge in [0, 0.05) is 16.7 Å². The van der Waals surface area contributed by atoms with E-state index in [9.17, 15) is 0 Å². The summed E-state index contributed by atoms with van der Waals surface area (Å²) in [6.07, 6.45) is 0. The van der Waals surface area contributed by atoms with Crippen molar-refractivity contribution >= 4 is 21.8 Å². The van der Waals surface area contributed by atoms with Crippen LogP contribution in [0.2, 0.25) is 0 Å². The highest BCUT2D eigenvalue weighted by Gasteiger charge is 2.36. The number of fused-ring (bicyclic) bond motifs is 5. The Bertz CT molecular complexity index is 2430. The third kappa shape index (κ3) is 4.14. The van der Waals surface area contributed by atoms with Crippen molar-refractivity contribution in [1.82, 2.24) is 9.55 Å². The van der Waals surface area contributed by atoms with E-state index in [-0.39, 0.29) is 5.41 Å². The second-order valence-corrected chi connectivity index (χ2v) is 12.9. The zero-order chi connectivity index (χ0) is 30.8. The van der Waals surface area contributed by atoms with Crippen LogP contribution in [-0.2, 0) is 5.41 Å². The molecule has 1 aliphatic carbocycles. The molecule has 0 amide bonds. The molecular formula is C44H32N2. The summed E-state index contributed by atoms with van der Waals surface area (Å²) in [6.45, 7) is 4.73. The zero-order valence-corrected chi connectivity index (χ0v) is 25.9. The van der Waals surface area contributed by atoms with Crippen LogP contribution >= 0.6 is 0 Å². The lowest BCUT2D eigenvalue weighted by Crippen LogP contribution is -2.15. The molecule has 218 valence electrons. The molecule has 2 nitrogen and oxygen atoms in total. The minimum atomic E-state index is -0.118. The van der Waals surface area contributed by atoms with Crippen molar-refractivity contribution in [2.45, 2.75) is 19.3 Å². The predicted octanol–water partition coefficient (Wildman–Crippen LogP) is 11.5. The maximum Gasteiger partial charge on any atom is 0.145 e. The van der Waals surface area contributed by atoms with Crippen molar-refractivity contribution in [2.24, 2.45) is 0 Å². The van der Waals surface area contributed by atoms with Gasteiger partial charge in [0.05, 0.1) is 11.0 Å². The van der Waals surface area contributed by atoms with Crippen molar-refractivity contribution < 1.29 is 0 Å². The van der Waals surface area contributed by atoms with E-state index in [1.165, 1.54) is 55.3 Å². The average Bonchev–Trinajstić information content (AvgIpc) is 3.60. The quantitative estimate of drug-likeness (QED) is 0.200. The Hall–Kier alpha value is -5.73. The van der Waals surface area contributed by atoms with Gasteiger partial charge in [-0.15, -0.1) is 0 Å². The van der Waals surface area contributed by atoms with Crippen molar-refractivity contribution in [3.05, 3.63) is 169 Å². The molecule has 0 fully saturated rings. The smallest absolute Gasteiger partial charge is 0.145 e. The van der Waals surface area contributed by atoms with Crippen molar-refractivity contribution in [3.63, 3.8) is 0 Å². The maximum atomic E-state index is 5.20. The minimum Gasteiger partial charge on any atom is -0.292 e. The molecule has 0 bridgehead atoms. The Labute approximate surface area is 269 Å². The van der Waals surface area contributed by atoms with Crippen molar-refractivity contribution in [2.75, 3.05) is 0 Å². The maximum absolute atomic E-state index is 5.20. The molecular weight excluding hydrogens is 556 g/mol. The zero-order valence-electron chi connectivity index (χ0n) is 25.9. The number of hydrogen-bond donors (Lipinski definition) is 0. The number of hydrogen-bond acceptors (Lipinski definition) is 1. The Kier molecular flexibility index (Phi) is 5.88. The molecule has 0 unspecified atom stereocenters. The van der Waals surface area contributed by atoms with E-state index in [1.807, 2.05) is 0 Å². The third-order valence-electron chi connectivity index (χ3n) is 9.79. The lowest BCUT2D eigenvalue weighted by Gasteiger charge is -2.22. The van der Waals surface area contributed by atoms with Crippen LogP contribution in [0.25, 0.3) is 72.3 Å². The molecule has 1 heterocycles. The van der Waals surface area contributed by atoms with E-state index in [2.05, 4.69) is 176 Å². The Balaban J connectivity index is 1.12. The summed E-state index contributed by atoms with van der Waals surface area (Å²) in [5, 5.41) is 2.54. The molecule has 2 heteroatoms. The lowest BCUT2D eigenvalue weighted by molar-refractivity contribution is 0.661. The number of rotatable bonds is 4. The SMILES string of the molecule is CC1(C)c2cc(-c3ccc4ccccc4c3)ccc2-c2ccc(-c3ccc4c(c3)nc(-c3ccccc3)n4-c3ccccc3)cc21. The van der Waals surface area contributed by atoms with E-state index in [1.54, 1.807) is 0 Å². The fourth-order valence-electron chi connectivity index (χ4n) is 7.34. The van der Waals surface area contributed by atoms with Gasteiger partial charge in [-0.3, -0.25) is 4.57 Å². The van der Waals surface area contributed by atoms with Gasteiger partial charge < -0.3 is 0 Å². The van der Waals surface area contributed by atoms with Crippen molar-refractivity contribution in [3.8, 4) is 50.5 Å². The second-order valence-electron chi connectivity index (χ2n) is 12.9. The van der Waals surface area contributed by atoms with Gasteiger partial charge in [0.25, 0.3) is 0 Å². The highest BCUT2D eigenvalue weighted by molar-refractivity contribution is 5.91. The normalized spacial score (nSPS) is 13.2. The first-order valence-electron chi connectivity index (χ1n) is 16.0. The number of imidazole rings is 1. The summed E-state index contributed by atoms with van der Waals surface area (Å²) >= 11 is 0. The van der Waals surface area contributed by atoms with Crippen LogP contribution in [0, 0.1) is 0 Å². The molecule has 0 radical (unpaired) electrons. The van der Waals surface area contributed by atoms with Gasteiger partial charge in [-0.2, -0.15) is 0 Å². The molecule has 46 heavy (non-hydrogen) atoms. The first kappa shape index (κ1) is 26.7. The first-order chi connectivity index (χ1) is 22.5. The summed E-state index contributed by atoms with van der Waals surface area (Å²) in [6, 6.07) is 57.1. The minimum absolute atomic E-state index is 0.118. The van der Waals surface area contributed by atoms with Gasteiger partial charge in [0.15, 0.2) is 0 Å². The monoisotopic (exact) mass is 588 g/mol. The molecule has 1 aliphatic rings. The number of benzene rings is 7. The summed E-state index contributed by atoms with van der Waals surface area (Å²) in [7, 11) is 0. The van der Waals surface area contributed by atoms with Gasteiger partial charge in [0.1, 0.15) is 5.82 Å². The van der Waals surface area contributed by atoms with E-state index < -0.39 is 0 Å². The van der Waals surface area contributed by atoms with Gasteiger partial charge in [0.2, 0.25) is 0 Å². The van der Waals surface area contributed by atoms with Gasteiger partial charge in [-0.05, 0) is 97.7 Å². The van der Waals surface area contributed by atoms with Gasteiger partial charge >= 0.3 is 0 Å². The summed E-state index contributed by atoms with van der Waals surface area (Å²) in [4.78, 5) is 5.20. The largest absolute Gasteiger partial charge is 0.292 e. The average molecular weight is 589 g/mol. The Morgan fingerprint density at radius 2 is 1.00 bits per heavy atom. The van der Waals surface area contributed by atoms with Crippen LogP contribution in [-0.4, -0.2) is 9.55 Å². The molecule has 9 rings (SSSR count). The summed E-state index contributed by atoms with van der Waals surface area (Å²) < 4.78 is 2.27. The topological polar surface area (TPSA) is 17.8 Å². The highest BCUT2D eigenvalue weighted by atomic mass is 15.1. The van der Waals surface area contributed by atoms with E-state index >= 15 is 0 Å². The molecule has 0 N–H and O–H groups in total. The van der Waals surface area contributed by atoms with Crippen LogP contribution in [0.1, 0.15) is 25.0 Å².